The number of benzene rings is 3. The van der Waals surface area contributed by atoms with Crippen LogP contribution in [0.15, 0.2) is 87.9 Å². The lowest BCUT2D eigenvalue weighted by Gasteiger charge is -2.23. The van der Waals surface area contributed by atoms with E-state index in [0.717, 1.165) is 22.8 Å². The number of aryl methyl sites for hydroxylation is 1. The highest BCUT2D eigenvalue weighted by molar-refractivity contribution is 7.92. The van der Waals surface area contributed by atoms with Gasteiger partial charge in [0.1, 0.15) is 6.54 Å². The number of H-pyrrole nitrogens is 1. The number of aromatic hydroxyl groups is 1. The summed E-state index contributed by atoms with van der Waals surface area (Å²) in [5.74, 6) is -1.18. The minimum atomic E-state index is -4.22. The van der Waals surface area contributed by atoms with Crippen LogP contribution in [0.3, 0.4) is 0 Å². The van der Waals surface area contributed by atoms with Gasteiger partial charge in [-0.3, -0.25) is 13.9 Å². The second kappa shape index (κ2) is 14.3. The van der Waals surface area contributed by atoms with Crippen LogP contribution in [0.5, 0.6) is 5.88 Å². The molecule has 13 heteroatoms. The van der Waals surface area contributed by atoms with E-state index >= 15 is 0 Å². The first kappa shape index (κ1) is 31.7. The SMILES string of the molecule is CN(C)CCCNC(=O)CCc1ccc(S(=O)(=O)N(CC(=O)N=Nc2c(O)[nH]c3ccccc23)c2ccc(Cl)cc2)cc1. The average molecular weight is 625 g/mol. The maximum Gasteiger partial charge on any atom is 0.285 e. The van der Waals surface area contributed by atoms with Gasteiger partial charge in [0.05, 0.1) is 16.1 Å². The van der Waals surface area contributed by atoms with Crippen molar-refractivity contribution < 1.29 is 23.1 Å². The summed E-state index contributed by atoms with van der Waals surface area (Å²) in [6.07, 6.45) is 1.57. The van der Waals surface area contributed by atoms with Crippen LogP contribution >= 0.6 is 11.6 Å². The molecule has 4 rings (SSSR count). The van der Waals surface area contributed by atoms with Crippen LogP contribution in [0.25, 0.3) is 10.9 Å². The summed E-state index contributed by atoms with van der Waals surface area (Å²) in [5, 5.41) is 21.6. The summed E-state index contributed by atoms with van der Waals surface area (Å²) in [7, 11) is -0.269. The maximum absolute atomic E-state index is 13.7. The third kappa shape index (κ3) is 8.40. The van der Waals surface area contributed by atoms with E-state index in [2.05, 4.69) is 20.5 Å². The fourth-order valence-electron chi connectivity index (χ4n) is 4.32. The molecule has 0 fully saturated rings. The normalized spacial score (nSPS) is 11.8. The van der Waals surface area contributed by atoms with Crippen molar-refractivity contribution in [1.82, 2.24) is 15.2 Å². The van der Waals surface area contributed by atoms with E-state index in [1.54, 1.807) is 36.4 Å². The minimum Gasteiger partial charge on any atom is -0.493 e. The Labute approximate surface area is 255 Å². The van der Waals surface area contributed by atoms with Crippen molar-refractivity contribution in [2.24, 2.45) is 10.2 Å². The summed E-state index contributed by atoms with van der Waals surface area (Å²) in [6, 6.07) is 19.2. The molecule has 226 valence electrons. The van der Waals surface area contributed by atoms with Gasteiger partial charge < -0.3 is 20.3 Å². The van der Waals surface area contributed by atoms with Gasteiger partial charge in [0.25, 0.3) is 15.9 Å². The molecule has 1 aromatic heterocycles. The van der Waals surface area contributed by atoms with Crippen LogP contribution in [-0.2, 0) is 26.0 Å². The van der Waals surface area contributed by atoms with Crippen molar-refractivity contribution in [3.63, 3.8) is 0 Å². The van der Waals surface area contributed by atoms with E-state index in [4.69, 9.17) is 11.6 Å². The van der Waals surface area contributed by atoms with Gasteiger partial charge in [-0.1, -0.05) is 41.9 Å². The summed E-state index contributed by atoms with van der Waals surface area (Å²) >= 11 is 6.01. The number of aromatic nitrogens is 1. The van der Waals surface area contributed by atoms with Crippen molar-refractivity contribution in [2.45, 2.75) is 24.2 Å². The molecule has 3 N–H and O–H groups in total. The van der Waals surface area contributed by atoms with Crippen LogP contribution in [0, 0.1) is 0 Å². The van der Waals surface area contributed by atoms with Gasteiger partial charge in [-0.2, -0.15) is 0 Å². The quantitative estimate of drug-likeness (QED) is 0.140. The Hall–Kier alpha value is -4.26. The highest BCUT2D eigenvalue weighted by atomic mass is 35.5. The molecule has 0 spiro atoms. The number of nitrogens with one attached hydrogen (secondary N) is 2. The Balaban J connectivity index is 1.48. The number of hydrogen-bond donors (Lipinski definition) is 3. The Bertz CT molecular complexity index is 1700. The number of amides is 2. The second-order valence-electron chi connectivity index (χ2n) is 10.1. The lowest BCUT2D eigenvalue weighted by Crippen LogP contribution is -2.35. The number of sulfonamides is 1. The zero-order valence-electron chi connectivity index (χ0n) is 23.8. The van der Waals surface area contributed by atoms with Gasteiger partial charge in [-0.05, 0) is 81.5 Å². The van der Waals surface area contributed by atoms with Gasteiger partial charge >= 0.3 is 0 Å². The van der Waals surface area contributed by atoms with E-state index in [1.807, 2.05) is 19.0 Å². The predicted octanol–water partition coefficient (Wildman–Crippen LogP) is 5.03. The number of hydrogen-bond acceptors (Lipinski definition) is 7. The lowest BCUT2D eigenvalue weighted by atomic mass is 10.1. The molecule has 0 atom stereocenters. The largest absolute Gasteiger partial charge is 0.493 e. The number of fused-ring (bicyclic) bond motifs is 1. The van der Waals surface area contributed by atoms with Crippen LogP contribution in [0.4, 0.5) is 11.4 Å². The third-order valence-electron chi connectivity index (χ3n) is 6.57. The summed E-state index contributed by atoms with van der Waals surface area (Å²) in [5.41, 5.74) is 1.68. The Kier molecular flexibility index (Phi) is 10.5. The monoisotopic (exact) mass is 624 g/mol. The predicted molar refractivity (Wildman–Crippen MR) is 166 cm³/mol. The van der Waals surface area contributed by atoms with Crippen molar-refractivity contribution in [3.05, 3.63) is 83.4 Å². The topological polar surface area (TPSA) is 148 Å². The average Bonchev–Trinajstić information content (AvgIpc) is 3.31. The highest BCUT2D eigenvalue weighted by Crippen LogP contribution is 2.35. The summed E-state index contributed by atoms with van der Waals surface area (Å²) in [6.45, 7) is 0.827. The molecule has 0 aliphatic rings. The Morgan fingerprint density at radius 2 is 1.70 bits per heavy atom. The van der Waals surface area contributed by atoms with E-state index in [9.17, 15) is 23.1 Å². The van der Waals surface area contributed by atoms with Crippen molar-refractivity contribution in [3.8, 4) is 5.88 Å². The fourth-order valence-corrected chi connectivity index (χ4v) is 5.86. The van der Waals surface area contributed by atoms with E-state index < -0.39 is 22.5 Å². The minimum absolute atomic E-state index is 0.0432. The lowest BCUT2D eigenvalue weighted by molar-refractivity contribution is -0.121. The molecule has 0 saturated carbocycles. The molecular formula is C30H33ClN6O5S. The number of azo groups is 1. The standard InChI is InChI=1S/C30H33ClN6O5S/c1-36(2)19-5-18-32-27(38)17-10-21-8-15-24(16-9-21)43(41,42)37(23-13-11-22(31)12-14-23)20-28(39)34-35-29-25-6-3-4-7-26(25)33-30(29)40/h3-4,6-9,11-16,33,40H,5,10,17-20H2,1-2H3,(H,32,38). The van der Waals surface area contributed by atoms with Crippen LogP contribution in [0.2, 0.25) is 5.02 Å². The number of para-hydroxylation sites is 1. The first-order valence-electron chi connectivity index (χ1n) is 13.6. The van der Waals surface area contributed by atoms with Crippen molar-refractivity contribution in [2.75, 3.05) is 38.0 Å². The zero-order valence-corrected chi connectivity index (χ0v) is 25.4. The van der Waals surface area contributed by atoms with Gasteiger partial charge in [-0.25, -0.2) is 8.42 Å². The van der Waals surface area contributed by atoms with Crippen LogP contribution in [0.1, 0.15) is 18.4 Å². The fraction of sp³-hybridized carbons (Fsp3) is 0.267. The molecule has 0 radical (unpaired) electrons. The molecule has 11 nitrogen and oxygen atoms in total. The second-order valence-corrected chi connectivity index (χ2v) is 12.4. The van der Waals surface area contributed by atoms with Crippen LogP contribution in [-0.4, -0.2) is 69.0 Å². The molecule has 0 saturated heterocycles. The third-order valence-corrected chi connectivity index (χ3v) is 8.61. The number of rotatable bonds is 13. The summed E-state index contributed by atoms with van der Waals surface area (Å²) in [4.78, 5) is 29.8. The Morgan fingerprint density at radius 1 is 1.00 bits per heavy atom. The number of nitrogens with zero attached hydrogens (tertiary/aromatic N) is 4. The Morgan fingerprint density at radius 3 is 2.40 bits per heavy atom. The molecule has 43 heavy (non-hydrogen) atoms. The van der Waals surface area contributed by atoms with Crippen molar-refractivity contribution >= 4 is 55.7 Å². The number of anilines is 1. The maximum atomic E-state index is 13.7. The smallest absolute Gasteiger partial charge is 0.285 e. The molecule has 4 aromatic rings. The highest BCUT2D eigenvalue weighted by Gasteiger charge is 2.27. The number of carbonyl (C=O) groups is 2. The van der Waals surface area contributed by atoms with Gasteiger partial charge in [-0.15, -0.1) is 10.2 Å². The summed E-state index contributed by atoms with van der Waals surface area (Å²) < 4.78 is 28.4. The van der Waals surface area contributed by atoms with Gasteiger partial charge in [0.2, 0.25) is 11.8 Å². The molecular weight excluding hydrogens is 592 g/mol. The van der Waals surface area contributed by atoms with E-state index in [0.29, 0.717) is 28.9 Å². The molecule has 0 bridgehead atoms. The molecule has 0 unspecified atom stereocenters. The number of carbonyl (C=O) groups excluding carboxylic acids is 2. The first-order valence-corrected chi connectivity index (χ1v) is 15.4. The van der Waals surface area contributed by atoms with Crippen LogP contribution < -0.4 is 9.62 Å². The molecule has 0 aliphatic heterocycles. The van der Waals surface area contributed by atoms with Gasteiger partial charge in [0, 0.05) is 23.4 Å². The molecule has 0 aliphatic carbocycles. The number of aromatic amines is 1. The zero-order chi connectivity index (χ0) is 31.0. The molecule has 1 heterocycles. The van der Waals surface area contributed by atoms with E-state index in [-0.39, 0.29) is 34.5 Å². The van der Waals surface area contributed by atoms with Gasteiger partial charge in [0.15, 0.2) is 5.69 Å². The van der Waals surface area contributed by atoms with E-state index in [1.165, 1.54) is 36.4 Å². The molecule has 2 amide bonds. The molecule has 3 aromatic carbocycles. The number of halogens is 1. The first-order chi connectivity index (χ1) is 20.5. The van der Waals surface area contributed by atoms with Crippen molar-refractivity contribution in [1.29, 1.82) is 0 Å².